The van der Waals surface area contributed by atoms with E-state index in [1.54, 1.807) is 12.3 Å². The van der Waals surface area contributed by atoms with Gasteiger partial charge in [-0.3, -0.25) is 9.78 Å². The third-order valence-corrected chi connectivity index (χ3v) is 4.52. The Balaban J connectivity index is 1.63. The zero-order valence-corrected chi connectivity index (χ0v) is 14.4. The van der Waals surface area contributed by atoms with Gasteiger partial charge in [-0.25, -0.2) is 0 Å². The lowest BCUT2D eigenvalue weighted by atomic mass is 9.96. The molecule has 128 valence electrons. The molecule has 1 heterocycles. The molecule has 26 heavy (non-hydrogen) atoms. The Hall–Kier alpha value is -3.20. The summed E-state index contributed by atoms with van der Waals surface area (Å²) in [5, 5.41) is 0. The highest BCUT2D eigenvalue weighted by Gasteiger charge is 2.15. The molecule has 2 aromatic carbocycles. The third kappa shape index (κ3) is 3.57. The lowest BCUT2D eigenvalue weighted by molar-refractivity contribution is -0.114. The minimum absolute atomic E-state index is 0.112. The number of hydrogen-bond acceptors (Lipinski definition) is 3. The van der Waals surface area contributed by atoms with Crippen LogP contribution in [-0.4, -0.2) is 10.8 Å². The lowest BCUT2D eigenvalue weighted by Gasteiger charge is -2.16. The van der Waals surface area contributed by atoms with E-state index in [9.17, 15) is 4.79 Å². The first kappa shape index (κ1) is 16.3. The Morgan fingerprint density at radius 3 is 2.50 bits per heavy atom. The first-order valence-corrected chi connectivity index (χ1v) is 8.81. The molecule has 0 fully saturated rings. The van der Waals surface area contributed by atoms with Crippen LogP contribution in [0.25, 0.3) is 16.9 Å². The Morgan fingerprint density at radius 1 is 0.846 bits per heavy atom. The van der Waals surface area contributed by atoms with Crippen LogP contribution in [0.4, 0.5) is 0 Å². The molecular weight excluding hydrogens is 322 g/mol. The number of rotatable bonds is 3. The summed E-state index contributed by atoms with van der Waals surface area (Å²) in [5.41, 5.74) is 4.36. The van der Waals surface area contributed by atoms with E-state index in [4.69, 9.17) is 4.74 Å². The number of allylic oxidation sites excluding steroid dienone is 1. The second kappa shape index (κ2) is 7.36. The van der Waals surface area contributed by atoms with Gasteiger partial charge in [0.2, 0.25) is 0 Å². The Bertz CT molecular complexity index is 943. The summed E-state index contributed by atoms with van der Waals surface area (Å²) in [5.74, 6) is 1.45. The number of aryl methyl sites for hydroxylation is 1. The molecule has 3 heteroatoms. The zero-order chi connectivity index (χ0) is 17.8. The molecule has 0 bridgehead atoms. The SMILES string of the molecule is O=C1/C=C(/Oc2ccc(-c3cccnc3)cc2)c2ccccc2CCC1. The number of fused-ring (bicyclic) bond motifs is 1. The van der Waals surface area contributed by atoms with Crippen molar-refractivity contribution in [3.05, 3.63) is 90.3 Å². The van der Waals surface area contributed by atoms with Gasteiger partial charge in [0.25, 0.3) is 0 Å². The van der Waals surface area contributed by atoms with Gasteiger partial charge in [0, 0.05) is 30.5 Å². The van der Waals surface area contributed by atoms with Crippen LogP contribution in [0.5, 0.6) is 5.75 Å². The number of aromatic nitrogens is 1. The van der Waals surface area contributed by atoms with E-state index in [-0.39, 0.29) is 5.78 Å². The van der Waals surface area contributed by atoms with Crippen molar-refractivity contribution in [2.24, 2.45) is 0 Å². The standard InChI is InChI=1S/C23H19NO2/c25-20-8-3-6-18-5-1-2-9-22(18)23(15-20)26-21-12-10-17(11-13-21)19-7-4-14-24-16-19/h1-2,4-5,7,9-16H,3,6,8H2/b23-15+. The van der Waals surface area contributed by atoms with Crippen molar-refractivity contribution in [1.29, 1.82) is 0 Å². The van der Waals surface area contributed by atoms with E-state index in [0.29, 0.717) is 17.9 Å². The molecule has 1 aromatic heterocycles. The van der Waals surface area contributed by atoms with Crippen molar-refractivity contribution in [3.8, 4) is 16.9 Å². The topological polar surface area (TPSA) is 39.2 Å². The molecule has 1 aliphatic rings. The van der Waals surface area contributed by atoms with Crippen LogP contribution in [0, 0.1) is 0 Å². The van der Waals surface area contributed by atoms with E-state index in [1.165, 1.54) is 5.56 Å². The molecule has 3 nitrogen and oxygen atoms in total. The molecule has 0 spiro atoms. The Morgan fingerprint density at radius 2 is 1.69 bits per heavy atom. The van der Waals surface area contributed by atoms with Crippen LogP contribution in [0.3, 0.4) is 0 Å². The minimum atomic E-state index is 0.112. The number of carbonyl (C=O) groups excluding carboxylic acids is 1. The van der Waals surface area contributed by atoms with Gasteiger partial charge in [-0.15, -0.1) is 0 Å². The summed E-state index contributed by atoms with van der Waals surface area (Å²) in [4.78, 5) is 16.3. The van der Waals surface area contributed by atoms with Gasteiger partial charge >= 0.3 is 0 Å². The molecule has 0 amide bonds. The minimum Gasteiger partial charge on any atom is -0.457 e. The van der Waals surface area contributed by atoms with Crippen molar-refractivity contribution in [1.82, 2.24) is 4.98 Å². The molecule has 0 atom stereocenters. The number of benzene rings is 2. The predicted molar refractivity (Wildman–Crippen MR) is 103 cm³/mol. The van der Waals surface area contributed by atoms with E-state index in [0.717, 1.165) is 29.5 Å². The molecule has 3 aromatic rings. The van der Waals surface area contributed by atoms with Crippen LogP contribution in [0.1, 0.15) is 24.0 Å². The van der Waals surface area contributed by atoms with Crippen molar-refractivity contribution in [2.45, 2.75) is 19.3 Å². The zero-order valence-electron chi connectivity index (χ0n) is 14.4. The van der Waals surface area contributed by atoms with E-state index >= 15 is 0 Å². The fraction of sp³-hybridized carbons (Fsp3) is 0.130. The average molecular weight is 341 g/mol. The Labute approximate surface area is 153 Å². The molecule has 0 radical (unpaired) electrons. The van der Waals surface area contributed by atoms with Crippen LogP contribution < -0.4 is 4.74 Å². The van der Waals surface area contributed by atoms with Crippen molar-refractivity contribution >= 4 is 11.5 Å². The van der Waals surface area contributed by atoms with Gasteiger partial charge in [-0.2, -0.15) is 0 Å². The number of ether oxygens (including phenoxy) is 1. The maximum absolute atomic E-state index is 12.1. The normalized spacial score (nSPS) is 16.0. The van der Waals surface area contributed by atoms with Gasteiger partial charge in [-0.1, -0.05) is 42.5 Å². The second-order valence-electron chi connectivity index (χ2n) is 6.35. The van der Waals surface area contributed by atoms with Crippen LogP contribution in [0.15, 0.2) is 79.1 Å². The van der Waals surface area contributed by atoms with E-state index < -0.39 is 0 Å². The van der Waals surface area contributed by atoms with Gasteiger partial charge in [0.05, 0.1) is 0 Å². The fourth-order valence-corrected chi connectivity index (χ4v) is 3.19. The lowest BCUT2D eigenvalue weighted by Crippen LogP contribution is -2.07. The maximum Gasteiger partial charge on any atom is 0.159 e. The Kier molecular flexibility index (Phi) is 4.61. The van der Waals surface area contributed by atoms with E-state index in [2.05, 4.69) is 11.1 Å². The monoisotopic (exact) mass is 341 g/mol. The average Bonchev–Trinajstić information content (AvgIpc) is 2.68. The quantitative estimate of drug-likeness (QED) is 0.667. The number of pyridine rings is 1. The van der Waals surface area contributed by atoms with Crippen molar-refractivity contribution in [2.75, 3.05) is 0 Å². The molecule has 0 N–H and O–H groups in total. The highest BCUT2D eigenvalue weighted by Crippen LogP contribution is 2.28. The molecule has 0 saturated heterocycles. The number of nitrogens with zero attached hydrogens (tertiary/aromatic N) is 1. The van der Waals surface area contributed by atoms with Crippen molar-refractivity contribution in [3.63, 3.8) is 0 Å². The number of ketones is 1. The summed E-state index contributed by atoms with van der Waals surface area (Å²) >= 11 is 0. The van der Waals surface area contributed by atoms with Gasteiger partial charge in [0.1, 0.15) is 11.5 Å². The fourth-order valence-electron chi connectivity index (χ4n) is 3.19. The summed E-state index contributed by atoms with van der Waals surface area (Å²) < 4.78 is 6.10. The van der Waals surface area contributed by atoms with Gasteiger partial charge < -0.3 is 4.74 Å². The molecule has 0 aliphatic heterocycles. The first-order chi connectivity index (χ1) is 12.8. The second-order valence-corrected chi connectivity index (χ2v) is 6.35. The molecule has 1 aliphatic carbocycles. The summed E-state index contributed by atoms with van der Waals surface area (Å²) in [6.07, 6.45) is 7.55. The van der Waals surface area contributed by atoms with Crippen LogP contribution >= 0.6 is 0 Å². The van der Waals surface area contributed by atoms with Crippen molar-refractivity contribution < 1.29 is 9.53 Å². The third-order valence-electron chi connectivity index (χ3n) is 4.52. The van der Waals surface area contributed by atoms with Gasteiger partial charge in [-0.05, 0) is 47.7 Å². The van der Waals surface area contributed by atoms with Crippen LogP contribution in [0.2, 0.25) is 0 Å². The molecular formula is C23H19NO2. The highest BCUT2D eigenvalue weighted by atomic mass is 16.5. The predicted octanol–water partition coefficient (Wildman–Crippen LogP) is 5.07. The summed E-state index contributed by atoms with van der Waals surface area (Å²) in [6.45, 7) is 0. The van der Waals surface area contributed by atoms with E-state index in [1.807, 2.05) is 60.8 Å². The maximum atomic E-state index is 12.1. The largest absolute Gasteiger partial charge is 0.457 e. The smallest absolute Gasteiger partial charge is 0.159 e. The molecule has 4 rings (SSSR count). The molecule has 0 saturated carbocycles. The first-order valence-electron chi connectivity index (χ1n) is 8.81. The van der Waals surface area contributed by atoms with Crippen LogP contribution in [-0.2, 0) is 11.2 Å². The summed E-state index contributed by atoms with van der Waals surface area (Å²) in [6, 6.07) is 19.9. The summed E-state index contributed by atoms with van der Waals surface area (Å²) in [7, 11) is 0. The number of carbonyl (C=O) groups is 1. The van der Waals surface area contributed by atoms with Gasteiger partial charge in [0.15, 0.2) is 5.78 Å². The number of hydrogen-bond donors (Lipinski definition) is 0. The highest BCUT2D eigenvalue weighted by molar-refractivity contribution is 5.96. The molecule has 0 unspecified atom stereocenters.